The van der Waals surface area contributed by atoms with Gasteiger partial charge in [-0.3, -0.25) is 4.79 Å². The zero-order valence-corrected chi connectivity index (χ0v) is 13.2. The second-order valence-electron chi connectivity index (χ2n) is 4.35. The number of rotatable bonds is 4. The smallest absolute Gasteiger partial charge is 0.449 e. The van der Waals surface area contributed by atoms with Crippen LogP contribution in [0, 0.1) is 0 Å². The third-order valence-corrected chi connectivity index (χ3v) is 3.32. The van der Waals surface area contributed by atoms with E-state index in [9.17, 15) is 14.4 Å². The highest BCUT2D eigenvalue weighted by Crippen LogP contribution is 2.30. The molecule has 0 saturated carbocycles. The predicted octanol–water partition coefficient (Wildman–Crippen LogP) is 4.34. The molecule has 0 aromatic heterocycles. The van der Waals surface area contributed by atoms with E-state index in [0.717, 1.165) is 18.2 Å². The van der Waals surface area contributed by atoms with Crippen LogP contribution in [0.15, 0.2) is 36.4 Å². The Morgan fingerprint density at radius 1 is 0.833 bits per heavy atom. The standard InChI is InChI=1S/C15H8Cl2O7/c16-7-1-3-9(11(17)5-7)13(18)10-6-8(23-14(19)20)2-4-12(10)24-15(21)22/h1-6H,(H,19,20)(H,21,22). The summed E-state index contributed by atoms with van der Waals surface area (Å²) in [6.45, 7) is 0. The largest absolute Gasteiger partial charge is 0.511 e. The SMILES string of the molecule is O=C(O)Oc1ccc(OC(=O)O)c(C(=O)c2ccc(Cl)cc2Cl)c1. The van der Waals surface area contributed by atoms with Crippen LogP contribution >= 0.6 is 23.2 Å². The Kier molecular flexibility index (Phi) is 5.28. The minimum absolute atomic E-state index is 0.0313. The van der Waals surface area contributed by atoms with Gasteiger partial charge in [0.15, 0.2) is 5.78 Å². The van der Waals surface area contributed by atoms with Gasteiger partial charge in [-0.15, -0.1) is 0 Å². The highest BCUT2D eigenvalue weighted by Gasteiger charge is 2.21. The maximum Gasteiger partial charge on any atom is 0.511 e. The Morgan fingerprint density at radius 2 is 1.50 bits per heavy atom. The molecule has 2 rings (SSSR count). The molecule has 0 aliphatic rings. The van der Waals surface area contributed by atoms with Gasteiger partial charge >= 0.3 is 12.3 Å². The van der Waals surface area contributed by atoms with Crippen molar-refractivity contribution in [3.63, 3.8) is 0 Å². The number of carbonyl (C=O) groups is 3. The van der Waals surface area contributed by atoms with Crippen LogP contribution in [0.1, 0.15) is 15.9 Å². The van der Waals surface area contributed by atoms with Crippen molar-refractivity contribution in [2.24, 2.45) is 0 Å². The number of carbonyl (C=O) groups excluding carboxylic acids is 1. The van der Waals surface area contributed by atoms with E-state index in [1.54, 1.807) is 0 Å². The summed E-state index contributed by atoms with van der Waals surface area (Å²) < 4.78 is 8.99. The summed E-state index contributed by atoms with van der Waals surface area (Å²) in [6, 6.07) is 7.40. The topological polar surface area (TPSA) is 110 Å². The normalized spacial score (nSPS) is 10.1. The third kappa shape index (κ3) is 4.15. The van der Waals surface area contributed by atoms with E-state index in [1.807, 2.05) is 0 Å². The van der Waals surface area contributed by atoms with Crippen molar-refractivity contribution >= 4 is 41.3 Å². The molecule has 0 unspecified atom stereocenters. The fourth-order valence-electron chi connectivity index (χ4n) is 1.85. The average Bonchev–Trinajstić information content (AvgIpc) is 2.47. The Morgan fingerprint density at radius 3 is 2.08 bits per heavy atom. The van der Waals surface area contributed by atoms with Gasteiger partial charge in [-0.2, -0.15) is 0 Å². The molecule has 124 valence electrons. The molecule has 0 fully saturated rings. The highest BCUT2D eigenvalue weighted by molar-refractivity contribution is 6.37. The summed E-state index contributed by atoms with van der Waals surface area (Å²) in [5.74, 6) is -1.17. The van der Waals surface area contributed by atoms with Crippen LogP contribution in [0.4, 0.5) is 9.59 Å². The van der Waals surface area contributed by atoms with Crippen LogP contribution in [0.5, 0.6) is 11.5 Å². The summed E-state index contributed by atoms with van der Waals surface area (Å²) in [5.41, 5.74) is -0.204. The summed E-state index contributed by atoms with van der Waals surface area (Å²) in [6.07, 6.45) is -3.23. The van der Waals surface area contributed by atoms with E-state index in [2.05, 4.69) is 9.47 Å². The highest BCUT2D eigenvalue weighted by atomic mass is 35.5. The molecule has 0 bridgehead atoms. The third-order valence-electron chi connectivity index (χ3n) is 2.77. The molecule has 0 heterocycles. The molecule has 0 saturated heterocycles. The summed E-state index contributed by atoms with van der Waals surface area (Å²) in [4.78, 5) is 34.0. The van der Waals surface area contributed by atoms with Gasteiger partial charge in [-0.05, 0) is 36.4 Å². The van der Waals surface area contributed by atoms with E-state index in [0.29, 0.717) is 5.02 Å². The van der Waals surface area contributed by atoms with E-state index < -0.39 is 18.1 Å². The van der Waals surface area contributed by atoms with Crippen LogP contribution in [-0.2, 0) is 0 Å². The minimum atomic E-state index is -1.64. The molecule has 24 heavy (non-hydrogen) atoms. The Balaban J connectivity index is 2.53. The molecule has 0 amide bonds. The Hall–Kier alpha value is -2.77. The first-order valence-corrected chi connectivity index (χ1v) is 6.99. The Bertz CT molecular complexity index is 833. The van der Waals surface area contributed by atoms with Crippen LogP contribution in [-0.4, -0.2) is 28.3 Å². The van der Waals surface area contributed by atoms with Gasteiger partial charge in [-0.25, -0.2) is 9.59 Å². The molecule has 2 N–H and O–H groups in total. The van der Waals surface area contributed by atoms with Gasteiger partial charge in [0.05, 0.1) is 10.6 Å². The fraction of sp³-hybridized carbons (Fsp3) is 0. The van der Waals surface area contributed by atoms with E-state index in [1.165, 1.54) is 18.2 Å². The van der Waals surface area contributed by atoms with Crippen molar-refractivity contribution in [1.82, 2.24) is 0 Å². The quantitative estimate of drug-likeness (QED) is 0.467. The predicted molar refractivity (Wildman–Crippen MR) is 83.6 cm³/mol. The maximum absolute atomic E-state index is 12.6. The number of halogens is 2. The first-order valence-electron chi connectivity index (χ1n) is 6.23. The second-order valence-corrected chi connectivity index (χ2v) is 5.19. The lowest BCUT2D eigenvalue weighted by molar-refractivity contribution is 0.103. The van der Waals surface area contributed by atoms with Crippen molar-refractivity contribution in [2.45, 2.75) is 0 Å². The van der Waals surface area contributed by atoms with Crippen molar-refractivity contribution in [3.8, 4) is 11.5 Å². The lowest BCUT2D eigenvalue weighted by Crippen LogP contribution is -2.11. The first kappa shape index (κ1) is 17.6. The fourth-order valence-corrected chi connectivity index (χ4v) is 2.35. The van der Waals surface area contributed by atoms with Crippen molar-refractivity contribution in [1.29, 1.82) is 0 Å². The molecule has 2 aromatic carbocycles. The monoisotopic (exact) mass is 370 g/mol. The molecular weight excluding hydrogens is 363 g/mol. The average molecular weight is 371 g/mol. The van der Waals surface area contributed by atoms with Gasteiger partial charge in [0, 0.05) is 10.6 Å². The number of ketones is 1. The van der Waals surface area contributed by atoms with Crippen molar-refractivity contribution in [2.75, 3.05) is 0 Å². The molecule has 0 aliphatic carbocycles. The zero-order chi connectivity index (χ0) is 17.9. The second kappa shape index (κ2) is 7.20. The van der Waals surface area contributed by atoms with Crippen LogP contribution in [0.25, 0.3) is 0 Å². The van der Waals surface area contributed by atoms with Crippen LogP contribution in [0.2, 0.25) is 10.0 Å². The molecule has 0 radical (unpaired) electrons. The van der Waals surface area contributed by atoms with Gasteiger partial charge in [0.1, 0.15) is 11.5 Å². The number of carboxylic acid groups (broad SMARTS) is 2. The molecule has 7 nitrogen and oxygen atoms in total. The molecular formula is C15H8Cl2O7. The number of hydrogen-bond acceptors (Lipinski definition) is 5. The number of ether oxygens (including phenoxy) is 2. The van der Waals surface area contributed by atoms with E-state index >= 15 is 0 Å². The van der Waals surface area contributed by atoms with Crippen LogP contribution < -0.4 is 9.47 Å². The van der Waals surface area contributed by atoms with Gasteiger partial charge in [0.2, 0.25) is 0 Å². The lowest BCUT2D eigenvalue weighted by Gasteiger charge is -2.10. The molecule has 0 aliphatic heterocycles. The van der Waals surface area contributed by atoms with E-state index in [-0.39, 0.29) is 27.6 Å². The number of benzene rings is 2. The van der Waals surface area contributed by atoms with Crippen molar-refractivity contribution < 1.29 is 34.1 Å². The zero-order valence-electron chi connectivity index (χ0n) is 11.7. The number of hydrogen-bond donors (Lipinski definition) is 2. The van der Waals surface area contributed by atoms with Crippen molar-refractivity contribution in [3.05, 3.63) is 57.6 Å². The first-order chi connectivity index (χ1) is 11.3. The lowest BCUT2D eigenvalue weighted by atomic mass is 10.0. The molecule has 2 aromatic rings. The summed E-state index contributed by atoms with van der Waals surface area (Å²) in [5, 5.41) is 17.7. The molecule has 9 heteroatoms. The summed E-state index contributed by atoms with van der Waals surface area (Å²) >= 11 is 11.7. The van der Waals surface area contributed by atoms with E-state index in [4.69, 9.17) is 33.4 Å². The minimum Gasteiger partial charge on any atom is -0.449 e. The maximum atomic E-state index is 12.6. The van der Waals surface area contributed by atoms with Gasteiger partial charge < -0.3 is 19.7 Å². The van der Waals surface area contributed by atoms with Gasteiger partial charge in [0.25, 0.3) is 0 Å². The molecule has 0 atom stereocenters. The molecule has 0 spiro atoms. The van der Waals surface area contributed by atoms with Crippen LogP contribution in [0.3, 0.4) is 0 Å². The Labute approximate surface area is 144 Å². The van der Waals surface area contributed by atoms with Gasteiger partial charge in [-0.1, -0.05) is 23.2 Å². The summed E-state index contributed by atoms with van der Waals surface area (Å²) in [7, 11) is 0.